The zero-order valence-electron chi connectivity index (χ0n) is 16.5. The molecule has 1 atom stereocenters. The van der Waals surface area contributed by atoms with Crippen molar-refractivity contribution in [3.05, 3.63) is 74.6 Å². The Morgan fingerprint density at radius 3 is 2.50 bits per heavy atom. The number of anilines is 1. The van der Waals surface area contributed by atoms with Crippen LogP contribution in [0.1, 0.15) is 42.9 Å². The van der Waals surface area contributed by atoms with E-state index in [4.69, 9.17) is 21.1 Å². The zero-order chi connectivity index (χ0) is 21.4. The van der Waals surface area contributed by atoms with E-state index in [1.54, 1.807) is 53.8 Å². The number of nitrogens with one attached hydrogen (secondary N) is 2. The quantitative estimate of drug-likeness (QED) is 0.434. The third-order valence-electron chi connectivity index (χ3n) is 4.97. The molecule has 1 aromatic heterocycles. The van der Waals surface area contributed by atoms with Gasteiger partial charge in [-0.2, -0.15) is 0 Å². The predicted octanol–water partition coefficient (Wildman–Crippen LogP) is 5.10. The number of thiophene rings is 1. The number of esters is 1. The van der Waals surface area contributed by atoms with E-state index in [9.17, 15) is 9.59 Å². The van der Waals surface area contributed by atoms with Crippen LogP contribution in [0.2, 0.25) is 5.02 Å². The SMILES string of the molecule is COc1cc([C@@H]2NC(=O)c3c(sc(C)c3C)N2)ccc1OC(=O)c1ccc(Cl)cc1. The highest BCUT2D eigenvalue weighted by molar-refractivity contribution is 7.16. The van der Waals surface area contributed by atoms with Crippen molar-refractivity contribution in [1.82, 2.24) is 5.32 Å². The number of halogens is 1. The van der Waals surface area contributed by atoms with E-state index in [0.717, 1.165) is 21.0 Å². The van der Waals surface area contributed by atoms with Crippen LogP contribution in [-0.2, 0) is 0 Å². The first-order chi connectivity index (χ1) is 14.4. The van der Waals surface area contributed by atoms with E-state index in [1.807, 2.05) is 13.8 Å². The molecule has 2 N–H and O–H groups in total. The van der Waals surface area contributed by atoms with Crippen molar-refractivity contribution in [3.63, 3.8) is 0 Å². The van der Waals surface area contributed by atoms with Gasteiger partial charge in [0, 0.05) is 9.90 Å². The number of fused-ring (bicyclic) bond motifs is 1. The van der Waals surface area contributed by atoms with Crippen molar-refractivity contribution < 1.29 is 19.1 Å². The van der Waals surface area contributed by atoms with Gasteiger partial charge in [-0.25, -0.2) is 4.79 Å². The molecular weight excluding hydrogens is 424 g/mol. The highest BCUT2D eigenvalue weighted by Gasteiger charge is 2.29. The summed E-state index contributed by atoms with van der Waals surface area (Å²) < 4.78 is 10.9. The Bertz CT molecular complexity index is 1140. The summed E-state index contributed by atoms with van der Waals surface area (Å²) in [6.07, 6.45) is -0.419. The Kier molecular flexibility index (Phi) is 5.40. The zero-order valence-corrected chi connectivity index (χ0v) is 18.1. The third-order valence-corrected chi connectivity index (χ3v) is 6.36. The van der Waals surface area contributed by atoms with Gasteiger partial charge in [0.15, 0.2) is 11.5 Å². The van der Waals surface area contributed by atoms with Gasteiger partial charge < -0.3 is 20.1 Å². The maximum Gasteiger partial charge on any atom is 0.343 e. The van der Waals surface area contributed by atoms with Crippen molar-refractivity contribution >= 4 is 39.8 Å². The molecule has 0 saturated carbocycles. The fourth-order valence-corrected chi connectivity index (χ4v) is 4.44. The summed E-state index contributed by atoms with van der Waals surface area (Å²) in [4.78, 5) is 26.1. The molecule has 8 heteroatoms. The Morgan fingerprint density at radius 1 is 1.07 bits per heavy atom. The number of aryl methyl sites for hydroxylation is 1. The lowest BCUT2D eigenvalue weighted by molar-refractivity contribution is 0.0729. The summed E-state index contributed by atoms with van der Waals surface area (Å²) in [6, 6.07) is 11.6. The Hall–Kier alpha value is -3.03. The van der Waals surface area contributed by atoms with Gasteiger partial charge in [-0.15, -0.1) is 11.3 Å². The van der Waals surface area contributed by atoms with Crippen LogP contribution in [0.15, 0.2) is 42.5 Å². The van der Waals surface area contributed by atoms with Crippen LogP contribution >= 0.6 is 22.9 Å². The van der Waals surface area contributed by atoms with Gasteiger partial charge in [0.1, 0.15) is 11.2 Å². The van der Waals surface area contributed by atoms with Gasteiger partial charge in [-0.1, -0.05) is 17.7 Å². The molecule has 2 heterocycles. The van der Waals surface area contributed by atoms with Gasteiger partial charge in [0.2, 0.25) is 0 Å². The second-order valence-corrected chi connectivity index (χ2v) is 8.51. The molecule has 0 saturated heterocycles. The second-order valence-electron chi connectivity index (χ2n) is 6.84. The maximum absolute atomic E-state index is 12.6. The van der Waals surface area contributed by atoms with Gasteiger partial charge >= 0.3 is 5.97 Å². The summed E-state index contributed by atoms with van der Waals surface area (Å²) in [6.45, 7) is 3.94. The minimum absolute atomic E-state index is 0.118. The number of rotatable bonds is 4. The summed E-state index contributed by atoms with van der Waals surface area (Å²) in [5, 5.41) is 7.71. The Morgan fingerprint density at radius 2 is 1.80 bits per heavy atom. The molecule has 154 valence electrons. The number of carbonyl (C=O) groups is 2. The van der Waals surface area contributed by atoms with Crippen molar-refractivity contribution in [2.45, 2.75) is 20.0 Å². The van der Waals surface area contributed by atoms with Crippen molar-refractivity contribution in [2.24, 2.45) is 0 Å². The van der Waals surface area contributed by atoms with Crippen LogP contribution in [0.25, 0.3) is 0 Å². The fraction of sp³-hybridized carbons (Fsp3) is 0.182. The molecule has 1 amide bonds. The average Bonchev–Trinajstić information content (AvgIpc) is 3.02. The molecule has 0 radical (unpaired) electrons. The lowest BCUT2D eigenvalue weighted by atomic mass is 10.1. The summed E-state index contributed by atoms with van der Waals surface area (Å²) in [5.74, 6) is 0.0332. The fourth-order valence-electron chi connectivity index (χ4n) is 3.23. The van der Waals surface area contributed by atoms with Crippen molar-refractivity contribution in [1.29, 1.82) is 0 Å². The normalized spacial score (nSPS) is 15.1. The molecule has 3 aromatic rings. The van der Waals surface area contributed by atoms with Crippen LogP contribution in [-0.4, -0.2) is 19.0 Å². The molecule has 0 unspecified atom stereocenters. The third kappa shape index (κ3) is 3.74. The van der Waals surface area contributed by atoms with Gasteiger partial charge in [-0.05, 0) is 61.4 Å². The molecule has 4 rings (SSSR count). The number of ether oxygens (including phenoxy) is 2. The van der Waals surface area contributed by atoms with E-state index < -0.39 is 12.1 Å². The number of hydrogen-bond acceptors (Lipinski definition) is 6. The molecule has 0 bridgehead atoms. The van der Waals surface area contributed by atoms with Crippen LogP contribution in [0.4, 0.5) is 5.00 Å². The van der Waals surface area contributed by atoms with E-state index >= 15 is 0 Å². The minimum Gasteiger partial charge on any atom is -0.493 e. The van der Waals surface area contributed by atoms with Crippen molar-refractivity contribution in [3.8, 4) is 11.5 Å². The first-order valence-electron chi connectivity index (χ1n) is 9.20. The van der Waals surface area contributed by atoms with Crippen LogP contribution < -0.4 is 20.1 Å². The molecule has 0 spiro atoms. The number of amides is 1. The molecule has 1 aliphatic rings. The second kappa shape index (κ2) is 8.01. The highest BCUT2D eigenvalue weighted by atomic mass is 35.5. The number of methoxy groups -OCH3 is 1. The van der Waals surface area contributed by atoms with Gasteiger partial charge in [-0.3, -0.25) is 4.79 Å². The summed E-state index contributed by atoms with van der Waals surface area (Å²) >= 11 is 7.42. The molecule has 6 nitrogen and oxygen atoms in total. The number of hydrogen-bond donors (Lipinski definition) is 2. The van der Waals surface area contributed by atoms with Gasteiger partial charge in [0.25, 0.3) is 5.91 Å². The van der Waals surface area contributed by atoms with Crippen LogP contribution in [0.3, 0.4) is 0 Å². The molecular formula is C22H19ClN2O4S. The predicted molar refractivity (Wildman–Crippen MR) is 117 cm³/mol. The average molecular weight is 443 g/mol. The number of benzene rings is 2. The standard InChI is InChI=1S/C22H19ClN2O4S/c1-11-12(2)30-21-18(11)20(26)24-19(25-21)14-6-9-16(17(10-14)28-3)29-22(27)13-4-7-15(23)8-5-13/h4-10,19,25H,1-3H3,(H,24,26)/t19-/m1/s1. The minimum atomic E-state index is -0.518. The van der Waals surface area contributed by atoms with E-state index in [1.165, 1.54) is 7.11 Å². The molecule has 0 fully saturated rings. The molecule has 0 aliphatic carbocycles. The largest absolute Gasteiger partial charge is 0.493 e. The Balaban J connectivity index is 1.57. The highest BCUT2D eigenvalue weighted by Crippen LogP contribution is 2.38. The lowest BCUT2D eigenvalue weighted by Gasteiger charge is -2.27. The van der Waals surface area contributed by atoms with E-state index in [2.05, 4.69) is 10.6 Å². The molecule has 30 heavy (non-hydrogen) atoms. The van der Waals surface area contributed by atoms with E-state index in [0.29, 0.717) is 21.9 Å². The maximum atomic E-state index is 12.6. The first-order valence-corrected chi connectivity index (χ1v) is 10.4. The van der Waals surface area contributed by atoms with Crippen LogP contribution in [0, 0.1) is 13.8 Å². The smallest absolute Gasteiger partial charge is 0.343 e. The topological polar surface area (TPSA) is 76.7 Å². The molecule has 1 aliphatic heterocycles. The monoisotopic (exact) mass is 442 g/mol. The van der Waals surface area contributed by atoms with Crippen LogP contribution in [0.5, 0.6) is 11.5 Å². The van der Waals surface area contributed by atoms with Crippen molar-refractivity contribution in [2.75, 3.05) is 12.4 Å². The van der Waals surface area contributed by atoms with Gasteiger partial charge in [0.05, 0.1) is 18.2 Å². The summed E-state index contributed by atoms with van der Waals surface area (Å²) in [5.41, 5.74) is 2.83. The Labute approximate surface area is 182 Å². The lowest BCUT2D eigenvalue weighted by Crippen LogP contribution is -2.38. The first kappa shape index (κ1) is 20.3. The summed E-state index contributed by atoms with van der Waals surface area (Å²) in [7, 11) is 1.50. The molecule has 2 aromatic carbocycles. The number of carbonyl (C=O) groups excluding carboxylic acids is 2. The van der Waals surface area contributed by atoms with E-state index in [-0.39, 0.29) is 11.7 Å².